The minimum Gasteiger partial charge on any atom is -0.192 e. The van der Waals surface area contributed by atoms with Crippen LogP contribution in [0.3, 0.4) is 0 Å². The van der Waals surface area contributed by atoms with Crippen molar-refractivity contribution in [2.24, 2.45) is 0 Å². The quantitative estimate of drug-likeness (QED) is 0.723. The fourth-order valence-electron chi connectivity index (χ4n) is 3.47. The molecule has 2 unspecified atom stereocenters. The molecule has 0 N–H and O–H groups in total. The second-order valence-electron chi connectivity index (χ2n) is 5.67. The van der Waals surface area contributed by atoms with Crippen molar-refractivity contribution in [3.63, 3.8) is 0 Å². The Morgan fingerprint density at radius 3 is 1.64 bits per heavy atom. The van der Waals surface area contributed by atoms with Gasteiger partial charge in [0.05, 0.1) is 23.3 Å². The van der Waals surface area contributed by atoms with Crippen molar-refractivity contribution in [1.29, 1.82) is 10.5 Å². The highest BCUT2D eigenvalue weighted by Crippen LogP contribution is 2.68. The lowest BCUT2D eigenvalue weighted by atomic mass is 9.99. The van der Waals surface area contributed by atoms with Crippen molar-refractivity contribution in [3.8, 4) is 12.1 Å². The van der Waals surface area contributed by atoms with Crippen molar-refractivity contribution in [2.75, 3.05) is 6.66 Å². The number of nitriles is 2. The fraction of sp³-hybridized carbons (Fsp3) is 0.263. The Morgan fingerprint density at radius 1 is 0.818 bits per heavy atom. The standard InChI is InChI=1S/C19H17N2P/c1-22-18(16-8-4-2-6-14(16)12-20)10-11-19(22)17-9-5-3-7-15(17)13-21/h2-9,18-19H,10-11H2,1H3. The Morgan fingerprint density at radius 2 is 1.23 bits per heavy atom. The summed E-state index contributed by atoms with van der Waals surface area (Å²) in [7, 11) is -0.291. The van der Waals surface area contributed by atoms with E-state index in [1.165, 1.54) is 11.1 Å². The van der Waals surface area contributed by atoms with E-state index in [2.05, 4.69) is 30.9 Å². The van der Waals surface area contributed by atoms with E-state index in [0.717, 1.165) is 24.0 Å². The summed E-state index contributed by atoms with van der Waals surface area (Å²) in [5, 5.41) is 18.7. The fourth-order valence-corrected chi connectivity index (χ4v) is 6.34. The molecule has 1 fully saturated rings. The van der Waals surface area contributed by atoms with E-state index in [1.54, 1.807) is 0 Å². The third kappa shape index (κ3) is 2.52. The van der Waals surface area contributed by atoms with Crippen LogP contribution >= 0.6 is 7.92 Å². The van der Waals surface area contributed by atoms with Gasteiger partial charge in [0.25, 0.3) is 0 Å². The Hall–Kier alpha value is -2.15. The molecule has 2 aromatic carbocycles. The summed E-state index contributed by atoms with van der Waals surface area (Å²) in [6.45, 7) is 2.32. The van der Waals surface area contributed by atoms with E-state index in [9.17, 15) is 10.5 Å². The summed E-state index contributed by atoms with van der Waals surface area (Å²) >= 11 is 0. The predicted octanol–water partition coefficient (Wildman–Crippen LogP) is 5.12. The normalized spacial score (nSPS) is 23.7. The largest absolute Gasteiger partial charge is 0.192 e. The van der Waals surface area contributed by atoms with E-state index in [1.807, 2.05) is 36.4 Å². The Labute approximate surface area is 132 Å². The van der Waals surface area contributed by atoms with Crippen LogP contribution in [0.5, 0.6) is 0 Å². The molecule has 0 amide bonds. The zero-order chi connectivity index (χ0) is 15.5. The number of hydrogen-bond acceptors (Lipinski definition) is 2. The number of hydrogen-bond donors (Lipinski definition) is 0. The summed E-state index contributed by atoms with van der Waals surface area (Å²) < 4.78 is 0. The highest BCUT2D eigenvalue weighted by molar-refractivity contribution is 7.58. The van der Waals surface area contributed by atoms with Crippen LogP contribution in [0.25, 0.3) is 0 Å². The second-order valence-corrected chi connectivity index (χ2v) is 8.25. The van der Waals surface area contributed by atoms with Gasteiger partial charge in [0, 0.05) is 11.3 Å². The van der Waals surface area contributed by atoms with Gasteiger partial charge in [0.1, 0.15) is 0 Å². The van der Waals surface area contributed by atoms with Crippen LogP contribution in [-0.4, -0.2) is 6.66 Å². The summed E-state index contributed by atoms with van der Waals surface area (Å²) in [4.78, 5) is 0. The molecule has 0 aromatic heterocycles. The summed E-state index contributed by atoms with van der Waals surface area (Å²) in [5.41, 5.74) is 4.91. The first-order chi connectivity index (χ1) is 10.8. The number of rotatable bonds is 2. The number of benzene rings is 2. The zero-order valence-corrected chi connectivity index (χ0v) is 13.4. The van der Waals surface area contributed by atoms with Crippen molar-refractivity contribution in [3.05, 3.63) is 70.8 Å². The maximum absolute atomic E-state index is 9.34. The molecule has 1 aliphatic heterocycles. The Bertz CT molecular complexity index is 704. The molecule has 2 aromatic rings. The first-order valence-corrected chi connectivity index (χ1v) is 9.39. The molecule has 0 saturated carbocycles. The highest BCUT2D eigenvalue weighted by atomic mass is 31.1. The monoisotopic (exact) mass is 304 g/mol. The second kappa shape index (κ2) is 6.31. The minimum absolute atomic E-state index is 0.291. The highest BCUT2D eigenvalue weighted by Gasteiger charge is 2.36. The summed E-state index contributed by atoms with van der Waals surface area (Å²) in [6.07, 6.45) is 2.21. The molecule has 108 valence electrons. The Kier molecular flexibility index (Phi) is 4.24. The van der Waals surface area contributed by atoms with Crippen molar-refractivity contribution >= 4 is 7.92 Å². The van der Waals surface area contributed by atoms with E-state index in [4.69, 9.17) is 0 Å². The van der Waals surface area contributed by atoms with Gasteiger partial charge in [-0.25, -0.2) is 0 Å². The van der Waals surface area contributed by atoms with Gasteiger partial charge in [-0.2, -0.15) is 10.5 Å². The number of nitrogens with zero attached hydrogens (tertiary/aromatic N) is 2. The van der Waals surface area contributed by atoms with E-state index >= 15 is 0 Å². The van der Waals surface area contributed by atoms with Crippen LogP contribution < -0.4 is 0 Å². The third-order valence-corrected chi connectivity index (χ3v) is 7.62. The van der Waals surface area contributed by atoms with Crippen LogP contribution in [0.4, 0.5) is 0 Å². The lowest BCUT2D eigenvalue weighted by Gasteiger charge is -2.23. The zero-order valence-electron chi connectivity index (χ0n) is 12.5. The third-order valence-electron chi connectivity index (χ3n) is 4.58. The SMILES string of the molecule is CP1C(c2ccccc2C#N)CCC1c1ccccc1C#N. The predicted molar refractivity (Wildman–Crippen MR) is 89.9 cm³/mol. The lowest BCUT2D eigenvalue weighted by Crippen LogP contribution is -1.97. The van der Waals surface area contributed by atoms with Gasteiger partial charge >= 0.3 is 0 Å². The maximum Gasteiger partial charge on any atom is 0.0994 e. The van der Waals surface area contributed by atoms with Crippen LogP contribution in [-0.2, 0) is 0 Å². The molecular weight excluding hydrogens is 287 g/mol. The van der Waals surface area contributed by atoms with Gasteiger partial charge < -0.3 is 0 Å². The molecule has 2 nitrogen and oxygen atoms in total. The van der Waals surface area contributed by atoms with Crippen molar-refractivity contribution < 1.29 is 0 Å². The van der Waals surface area contributed by atoms with E-state index in [-0.39, 0.29) is 7.92 Å². The molecule has 1 aliphatic rings. The van der Waals surface area contributed by atoms with Gasteiger partial charge in [-0.3, -0.25) is 0 Å². The van der Waals surface area contributed by atoms with Gasteiger partial charge in [0.2, 0.25) is 0 Å². The van der Waals surface area contributed by atoms with E-state index in [0.29, 0.717) is 11.3 Å². The topological polar surface area (TPSA) is 47.6 Å². The van der Waals surface area contributed by atoms with Crippen LogP contribution in [0.1, 0.15) is 46.4 Å². The minimum atomic E-state index is -0.291. The van der Waals surface area contributed by atoms with Crippen LogP contribution in [0.2, 0.25) is 0 Å². The van der Waals surface area contributed by atoms with Crippen LogP contribution in [0.15, 0.2) is 48.5 Å². The lowest BCUT2D eigenvalue weighted by molar-refractivity contribution is 0.763. The first-order valence-electron chi connectivity index (χ1n) is 7.46. The van der Waals surface area contributed by atoms with Crippen LogP contribution in [0, 0.1) is 22.7 Å². The van der Waals surface area contributed by atoms with Gasteiger partial charge in [0.15, 0.2) is 0 Å². The maximum atomic E-state index is 9.34. The van der Waals surface area contributed by atoms with E-state index < -0.39 is 0 Å². The molecule has 0 spiro atoms. The molecule has 1 heterocycles. The molecular formula is C19H17N2P. The van der Waals surface area contributed by atoms with Gasteiger partial charge in [-0.1, -0.05) is 44.3 Å². The molecule has 1 saturated heterocycles. The average molecular weight is 304 g/mol. The van der Waals surface area contributed by atoms with Gasteiger partial charge in [-0.15, -0.1) is 0 Å². The molecule has 0 bridgehead atoms. The smallest absolute Gasteiger partial charge is 0.0994 e. The summed E-state index contributed by atoms with van der Waals surface area (Å²) in [6, 6.07) is 20.6. The van der Waals surface area contributed by atoms with Gasteiger partial charge in [-0.05, 0) is 42.8 Å². The molecule has 3 heteroatoms. The molecule has 0 radical (unpaired) electrons. The molecule has 22 heavy (non-hydrogen) atoms. The first kappa shape index (κ1) is 14.8. The molecule has 2 atom stereocenters. The van der Waals surface area contributed by atoms with Crippen molar-refractivity contribution in [1.82, 2.24) is 0 Å². The van der Waals surface area contributed by atoms with Crippen molar-refractivity contribution in [2.45, 2.75) is 24.2 Å². The average Bonchev–Trinajstić information content (AvgIpc) is 2.96. The molecule has 3 rings (SSSR count). The molecule has 0 aliphatic carbocycles. The Balaban J connectivity index is 1.95. The summed E-state index contributed by atoms with van der Waals surface area (Å²) in [5.74, 6) is 0.